The van der Waals surface area contributed by atoms with Gasteiger partial charge in [0.05, 0.1) is 11.3 Å². The summed E-state index contributed by atoms with van der Waals surface area (Å²) < 4.78 is 41.1. The molecule has 3 aromatic carbocycles. The lowest BCUT2D eigenvalue weighted by molar-refractivity contribution is -0.274. The van der Waals surface area contributed by atoms with Crippen LogP contribution in [0.15, 0.2) is 90.6 Å². The number of hydrogen-bond acceptors (Lipinski definition) is 4. The van der Waals surface area contributed by atoms with E-state index in [-0.39, 0.29) is 17.0 Å². The summed E-state index contributed by atoms with van der Waals surface area (Å²) in [5, 5.41) is 3.01. The second kappa shape index (κ2) is 7.98. The Balaban J connectivity index is 1.71. The molecule has 0 saturated heterocycles. The highest BCUT2D eigenvalue weighted by Crippen LogP contribution is 2.34. The predicted octanol–water partition coefficient (Wildman–Crippen LogP) is 4.98. The number of alkyl halides is 3. The lowest BCUT2D eigenvalue weighted by atomic mass is 10.0. The van der Waals surface area contributed by atoms with Crippen molar-refractivity contribution in [2.24, 2.45) is 0 Å². The molecule has 156 valence electrons. The summed E-state index contributed by atoms with van der Waals surface area (Å²) in [4.78, 5) is 27.3. The van der Waals surface area contributed by atoms with E-state index in [0.717, 1.165) is 17.0 Å². The van der Waals surface area contributed by atoms with Gasteiger partial charge in [-0.15, -0.1) is 13.2 Å². The quantitative estimate of drug-likeness (QED) is 0.587. The minimum absolute atomic E-state index is 0.0815. The number of rotatable bonds is 5. The molecule has 8 heteroatoms. The van der Waals surface area contributed by atoms with E-state index in [4.69, 9.17) is 0 Å². The van der Waals surface area contributed by atoms with Gasteiger partial charge in [0.15, 0.2) is 0 Å². The van der Waals surface area contributed by atoms with Crippen molar-refractivity contribution in [3.05, 3.63) is 96.2 Å². The number of halogens is 3. The van der Waals surface area contributed by atoms with E-state index in [1.807, 2.05) is 6.07 Å². The van der Waals surface area contributed by atoms with Crippen molar-refractivity contribution in [2.45, 2.75) is 6.36 Å². The second-order valence-corrected chi connectivity index (χ2v) is 6.59. The molecular weight excluding hydrogens is 409 g/mol. The van der Waals surface area contributed by atoms with Gasteiger partial charge in [-0.05, 0) is 42.0 Å². The van der Waals surface area contributed by atoms with Crippen LogP contribution in [0.5, 0.6) is 5.75 Å². The number of carbonyl (C=O) groups excluding carboxylic acids is 2. The number of amides is 2. The van der Waals surface area contributed by atoms with Crippen LogP contribution >= 0.6 is 0 Å². The van der Waals surface area contributed by atoms with E-state index in [1.54, 1.807) is 54.6 Å². The number of para-hydroxylation sites is 1. The zero-order valence-electron chi connectivity index (χ0n) is 15.9. The fourth-order valence-electron chi connectivity index (χ4n) is 3.22. The third-order valence-corrected chi connectivity index (χ3v) is 4.52. The largest absolute Gasteiger partial charge is 0.573 e. The molecule has 0 fully saturated rings. The summed E-state index contributed by atoms with van der Waals surface area (Å²) in [5.74, 6) is -1.65. The molecule has 0 atom stereocenters. The Morgan fingerprint density at radius 2 is 1.32 bits per heavy atom. The van der Waals surface area contributed by atoms with Gasteiger partial charge in [0.2, 0.25) is 0 Å². The maximum absolute atomic E-state index is 13.2. The molecule has 0 saturated carbocycles. The van der Waals surface area contributed by atoms with E-state index in [1.165, 1.54) is 12.1 Å². The molecule has 31 heavy (non-hydrogen) atoms. The number of hydrogen-bond donors (Lipinski definition) is 1. The first kappa shape index (κ1) is 20.2. The predicted molar refractivity (Wildman–Crippen MR) is 109 cm³/mol. The lowest BCUT2D eigenvalue weighted by Gasteiger charge is -2.16. The maximum atomic E-state index is 13.2. The standard InChI is InChI=1S/C23H15F3N2O3/c24-23(25,26)31-18-13-11-17(12-14-18)28-21(29)19(15-7-3-1-4-8-15)20(22(28)30)27-16-9-5-2-6-10-16/h1-14,27H. The van der Waals surface area contributed by atoms with Crippen molar-refractivity contribution < 1.29 is 27.5 Å². The number of ether oxygens (including phenoxy) is 1. The summed E-state index contributed by atoms with van der Waals surface area (Å²) in [5.41, 5.74) is 1.53. The van der Waals surface area contributed by atoms with Gasteiger partial charge in [-0.1, -0.05) is 48.5 Å². The fourth-order valence-corrected chi connectivity index (χ4v) is 3.22. The summed E-state index contributed by atoms with van der Waals surface area (Å²) in [6.45, 7) is 0. The molecular formula is C23H15F3N2O3. The monoisotopic (exact) mass is 424 g/mol. The lowest BCUT2D eigenvalue weighted by Crippen LogP contribution is -2.32. The number of anilines is 2. The molecule has 0 bridgehead atoms. The van der Waals surface area contributed by atoms with Crippen LogP contribution in [0, 0.1) is 0 Å². The number of carbonyl (C=O) groups is 2. The zero-order chi connectivity index (χ0) is 22.0. The molecule has 0 aromatic heterocycles. The summed E-state index contributed by atoms with van der Waals surface area (Å²) >= 11 is 0. The number of nitrogens with one attached hydrogen (secondary N) is 1. The molecule has 0 spiro atoms. The smallest absolute Gasteiger partial charge is 0.406 e. The van der Waals surface area contributed by atoms with Gasteiger partial charge in [0, 0.05) is 5.69 Å². The normalized spacial score (nSPS) is 14.2. The van der Waals surface area contributed by atoms with Crippen LogP contribution in [0.2, 0.25) is 0 Å². The Kier molecular flexibility index (Phi) is 5.21. The molecule has 5 nitrogen and oxygen atoms in total. The van der Waals surface area contributed by atoms with Crippen LogP contribution < -0.4 is 15.0 Å². The Bertz CT molecular complexity index is 1140. The molecule has 1 N–H and O–H groups in total. The van der Waals surface area contributed by atoms with Crippen molar-refractivity contribution in [2.75, 3.05) is 10.2 Å². The average Bonchev–Trinajstić information content (AvgIpc) is 2.98. The van der Waals surface area contributed by atoms with Crippen LogP contribution in [0.3, 0.4) is 0 Å². The highest BCUT2D eigenvalue weighted by molar-refractivity contribution is 6.46. The minimum Gasteiger partial charge on any atom is -0.406 e. The van der Waals surface area contributed by atoms with Gasteiger partial charge in [0.25, 0.3) is 11.8 Å². The van der Waals surface area contributed by atoms with Crippen molar-refractivity contribution >= 4 is 28.8 Å². The van der Waals surface area contributed by atoms with Crippen molar-refractivity contribution in [1.82, 2.24) is 0 Å². The van der Waals surface area contributed by atoms with Gasteiger partial charge < -0.3 is 10.1 Å². The summed E-state index contributed by atoms with van der Waals surface area (Å²) in [7, 11) is 0. The highest BCUT2D eigenvalue weighted by Gasteiger charge is 2.40. The number of nitrogens with zero attached hydrogens (tertiary/aromatic N) is 1. The molecule has 3 aromatic rings. The molecule has 1 aliphatic rings. The third kappa shape index (κ3) is 4.28. The SMILES string of the molecule is O=C1C(Nc2ccccc2)=C(c2ccccc2)C(=O)N1c1ccc(OC(F)(F)F)cc1. The van der Waals surface area contributed by atoms with E-state index in [9.17, 15) is 22.8 Å². The third-order valence-electron chi connectivity index (χ3n) is 4.52. The van der Waals surface area contributed by atoms with Gasteiger partial charge >= 0.3 is 6.36 Å². The molecule has 0 unspecified atom stereocenters. The van der Waals surface area contributed by atoms with Gasteiger partial charge in [-0.2, -0.15) is 0 Å². The van der Waals surface area contributed by atoms with Gasteiger partial charge in [-0.3, -0.25) is 9.59 Å². The summed E-state index contributed by atoms with van der Waals surface area (Å²) in [6, 6.07) is 22.1. The Morgan fingerprint density at radius 1 is 0.742 bits per heavy atom. The van der Waals surface area contributed by atoms with E-state index < -0.39 is 23.9 Å². The van der Waals surface area contributed by atoms with Gasteiger partial charge in [0.1, 0.15) is 11.4 Å². The van der Waals surface area contributed by atoms with Crippen LogP contribution in [0.4, 0.5) is 24.5 Å². The highest BCUT2D eigenvalue weighted by atomic mass is 19.4. The Morgan fingerprint density at radius 3 is 1.90 bits per heavy atom. The van der Waals surface area contributed by atoms with E-state index >= 15 is 0 Å². The van der Waals surface area contributed by atoms with Gasteiger partial charge in [-0.25, -0.2) is 4.90 Å². The first-order valence-electron chi connectivity index (χ1n) is 9.20. The number of imide groups is 1. The molecule has 1 heterocycles. The molecule has 0 aliphatic carbocycles. The van der Waals surface area contributed by atoms with Crippen molar-refractivity contribution in [1.29, 1.82) is 0 Å². The zero-order valence-corrected chi connectivity index (χ0v) is 15.9. The second-order valence-electron chi connectivity index (χ2n) is 6.59. The van der Waals surface area contributed by atoms with Crippen molar-refractivity contribution in [3.8, 4) is 5.75 Å². The van der Waals surface area contributed by atoms with Crippen LogP contribution in [0.1, 0.15) is 5.56 Å². The van der Waals surface area contributed by atoms with E-state index in [2.05, 4.69) is 10.1 Å². The molecule has 0 radical (unpaired) electrons. The average molecular weight is 424 g/mol. The van der Waals surface area contributed by atoms with Crippen molar-refractivity contribution in [3.63, 3.8) is 0 Å². The molecule has 2 amide bonds. The Labute approximate surface area is 175 Å². The summed E-state index contributed by atoms with van der Waals surface area (Å²) in [6.07, 6.45) is -4.84. The number of benzene rings is 3. The minimum atomic E-state index is -4.84. The first-order valence-corrected chi connectivity index (χ1v) is 9.20. The first-order chi connectivity index (χ1) is 14.8. The van der Waals surface area contributed by atoms with Crippen LogP contribution in [-0.4, -0.2) is 18.2 Å². The maximum Gasteiger partial charge on any atom is 0.573 e. The topological polar surface area (TPSA) is 58.6 Å². The Hall–Kier alpha value is -4.07. The van der Waals surface area contributed by atoms with Crippen LogP contribution in [-0.2, 0) is 9.59 Å². The molecule has 1 aliphatic heterocycles. The fraction of sp³-hybridized carbons (Fsp3) is 0.0435. The van der Waals surface area contributed by atoms with Crippen LogP contribution in [0.25, 0.3) is 5.57 Å². The molecule has 4 rings (SSSR count). The van der Waals surface area contributed by atoms with E-state index in [0.29, 0.717) is 11.3 Å².